The number of benzene rings is 1. The molecule has 30 heavy (non-hydrogen) atoms. The lowest BCUT2D eigenvalue weighted by Crippen LogP contribution is -2.23. The summed E-state index contributed by atoms with van der Waals surface area (Å²) in [6, 6.07) is 14.7. The number of hydrogen-bond acceptors (Lipinski definition) is 4. The van der Waals surface area contributed by atoms with E-state index in [9.17, 15) is 9.59 Å². The summed E-state index contributed by atoms with van der Waals surface area (Å²) in [4.78, 5) is 34.1. The van der Waals surface area contributed by atoms with E-state index in [4.69, 9.17) is 0 Å². The average molecular weight is 399 g/mol. The van der Waals surface area contributed by atoms with Gasteiger partial charge in [-0.3, -0.25) is 19.0 Å². The first-order valence-corrected chi connectivity index (χ1v) is 9.56. The number of amides is 2. The van der Waals surface area contributed by atoms with Crippen LogP contribution < -0.4 is 10.6 Å². The molecule has 4 rings (SSSR count). The number of carbonyl (C=O) groups excluding carboxylic acids is 2. The van der Waals surface area contributed by atoms with Crippen LogP contribution in [0.25, 0.3) is 5.52 Å². The highest BCUT2D eigenvalue weighted by atomic mass is 16.2. The van der Waals surface area contributed by atoms with Gasteiger partial charge in [-0.2, -0.15) is 0 Å². The fourth-order valence-corrected chi connectivity index (χ4v) is 3.20. The van der Waals surface area contributed by atoms with Crippen LogP contribution in [0.15, 0.2) is 67.1 Å². The van der Waals surface area contributed by atoms with E-state index in [0.29, 0.717) is 12.1 Å². The lowest BCUT2D eigenvalue weighted by molar-refractivity contribution is 0.0948. The Morgan fingerprint density at radius 2 is 1.77 bits per heavy atom. The molecule has 0 saturated carbocycles. The Morgan fingerprint density at radius 3 is 2.57 bits per heavy atom. The third-order valence-corrected chi connectivity index (χ3v) is 5.02. The van der Waals surface area contributed by atoms with Gasteiger partial charge in [-0.1, -0.05) is 18.2 Å². The van der Waals surface area contributed by atoms with Crippen LogP contribution in [0.5, 0.6) is 0 Å². The predicted octanol–water partition coefficient (Wildman–Crippen LogP) is 3.53. The highest BCUT2D eigenvalue weighted by Gasteiger charge is 2.22. The van der Waals surface area contributed by atoms with Gasteiger partial charge in [0.1, 0.15) is 0 Å². The maximum Gasteiger partial charge on any atom is 0.292 e. The summed E-state index contributed by atoms with van der Waals surface area (Å²) in [7, 11) is 0. The van der Waals surface area contributed by atoms with Crippen LogP contribution in [-0.4, -0.2) is 26.2 Å². The molecule has 2 amide bonds. The molecule has 4 aromatic rings. The molecule has 3 aromatic heterocycles. The largest absolute Gasteiger partial charge is 0.347 e. The molecule has 0 spiro atoms. The highest BCUT2D eigenvalue weighted by Crippen LogP contribution is 2.20. The lowest BCUT2D eigenvalue weighted by atomic mass is 10.1. The van der Waals surface area contributed by atoms with Crippen LogP contribution in [0, 0.1) is 13.8 Å². The van der Waals surface area contributed by atoms with Gasteiger partial charge < -0.3 is 10.6 Å². The SMILES string of the molecule is Cc1cccc(NC(=O)c2nc(C(=O)NCc3ccncc3)c3ccccn23)c1C. The monoisotopic (exact) mass is 399 g/mol. The number of carbonyl (C=O) groups is 2. The number of aryl methyl sites for hydroxylation is 1. The molecule has 0 saturated heterocycles. The highest BCUT2D eigenvalue weighted by molar-refractivity contribution is 6.06. The fraction of sp³-hybridized carbons (Fsp3) is 0.130. The molecule has 2 N–H and O–H groups in total. The number of hydrogen-bond donors (Lipinski definition) is 2. The maximum atomic E-state index is 13.0. The van der Waals surface area contributed by atoms with E-state index in [-0.39, 0.29) is 23.3 Å². The average Bonchev–Trinajstić information content (AvgIpc) is 3.16. The minimum absolute atomic E-state index is 0.153. The predicted molar refractivity (Wildman–Crippen MR) is 114 cm³/mol. The topological polar surface area (TPSA) is 88.4 Å². The number of nitrogens with one attached hydrogen (secondary N) is 2. The van der Waals surface area contributed by atoms with E-state index < -0.39 is 0 Å². The van der Waals surface area contributed by atoms with Crippen LogP contribution >= 0.6 is 0 Å². The van der Waals surface area contributed by atoms with Gasteiger partial charge in [-0.25, -0.2) is 4.98 Å². The standard InChI is InChI=1S/C23H21N5O2/c1-15-6-5-7-18(16(15)2)26-23(30)21-27-20(19-8-3-4-13-28(19)21)22(29)25-14-17-9-11-24-12-10-17/h3-13H,14H2,1-2H3,(H,25,29)(H,26,30). The molecule has 7 nitrogen and oxygen atoms in total. The number of anilines is 1. The molecule has 150 valence electrons. The van der Waals surface area contributed by atoms with E-state index in [0.717, 1.165) is 22.4 Å². The third kappa shape index (κ3) is 3.77. The maximum absolute atomic E-state index is 13.0. The van der Waals surface area contributed by atoms with Crippen molar-refractivity contribution in [3.05, 3.63) is 95.3 Å². The van der Waals surface area contributed by atoms with Crippen molar-refractivity contribution < 1.29 is 9.59 Å². The summed E-state index contributed by atoms with van der Waals surface area (Å²) < 4.78 is 1.63. The molecule has 0 atom stereocenters. The Kier molecular flexibility index (Phi) is 5.26. The summed E-state index contributed by atoms with van der Waals surface area (Å²) in [6.45, 7) is 4.28. The summed E-state index contributed by atoms with van der Waals surface area (Å²) in [5.41, 5.74) is 4.48. The van der Waals surface area contributed by atoms with Crippen molar-refractivity contribution in [3.63, 3.8) is 0 Å². The van der Waals surface area contributed by atoms with Gasteiger partial charge >= 0.3 is 0 Å². The van der Waals surface area contributed by atoms with Crippen molar-refractivity contribution >= 4 is 23.0 Å². The molecule has 0 aliphatic rings. The summed E-state index contributed by atoms with van der Waals surface area (Å²) in [5.74, 6) is -0.569. The summed E-state index contributed by atoms with van der Waals surface area (Å²) >= 11 is 0. The zero-order chi connectivity index (χ0) is 21.1. The van der Waals surface area contributed by atoms with Crippen molar-refractivity contribution in [1.82, 2.24) is 19.7 Å². The van der Waals surface area contributed by atoms with Crippen molar-refractivity contribution in [2.45, 2.75) is 20.4 Å². The third-order valence-electron chi connectivity index (χ3n) is 5.02. The van der Waals surface area contributed by atoms with Crippen LogP contribution in [0.3, 0.4) is 0 Å². The molecule has 0 bridgehead atoms. The summed E-state index contributed by atoms with van der Waals surface area (Å²) in [6.07, 6.45) is 5.06. The number of aromatic nitrogens is 3. The van der Waals surface area contributed by atoms with E-state index in [1.807, 2.05) is 50.2 Å². The Balaban J connectivity index is 1.62. The molecule has 3 heterocycles. The van der Waals surface area contributed by atoms with Crippen molar-refractivity contribution in [3.8, 4) is 0 Å². The van der Waals surface area contributed by atoms with E-state index in [2.05, 4.69) is 20.6 Å². The number of pyridine rings is 2. The van der Waals surface area contributed by atoms with Crippen molar-refractivity contribution in [2.24, 2.45) is 0 Å². The zero-order valence-corrected chi connectivity index (χ0v) is 16.7. The Labute approximate surface area is 173 Å². The lowest BCUT2D eigenvalue weighted by Gasteiger charge is -2.09. The van der Waals surface area contributed by atoms with Gasteiger partial charge in [0.2, 0.25) is 5.82 Å². The van der Waals surface area contributed by atoms with Crippen molar-refractivity contribution in [2.75, 3.05) is 5.32 Å². The Bertz CT molecular complexity index is 1230. The van der Waals surface area contributed by atoms with E-state index in [1.54, 1.807) is 35.1 Å². The quantitative estimate of drug-likeness (QED) is 0.537. The first-order valence-electron chi connectivity index (χ1n) is 9.56. The number of imidazole rings is 1. The van der Waals surface area contributed by atoms with Crippen molar-refractivity contribution in [1.29, 1.82) is 0 Å². The summed E-state index contributed by atoms with van der Waals surface area (Å²) in [5, 5.41) is 5.76. The molecule has 0 fully saturated rings. The normalized spacial score (nSPS) is 10.7. The van der Waals surface area contributed by atoms with Gasteiger partial charge in [-0.15, -0.1) is 0 Å². The van der Waals surface area contributed by atoms with E-state index in [1.165, 1.54) is 0 Å². The van der Waals surface area contributed by atoms with Gasteiger partial charge in [0.05, 0.1) is 5.52 Å². The van der Waals surface area contributed by atoms with E-state index >= 15 is 0 Å². The van der Waals surface area contributed by atoms with Gasteiger partial charge in [0.15, 0.2) is 5.69 Å². The molecule has 1 aromatic carbocycles. The Hall–Kier alpha value is -4.00. The van der Waals surface area contributed by atoms with Crippen LogP contribution in [0.2, 0.25) is 0 Å². The first-order chi connectivity index (χ1) is 14.5. The second-order valence-electron chi connectivity index (χ2n) is 6.98. The van der Waals surface area contributed by atoms with Crippen LogP contribution in [0.4, 0.5) is 5.69 Å². The molecule has 0 aliphatic heterocycles. The van der Waals surface area contributed by atoms with Gasteiger partial charge in [-0.05, 0) is 60.9 Å². The number of nitrogens with zero attached hydrogens (tertiary/aromatic N) is 3. The minimum Gasteiger partial charge on any atom is -0.347 e. The number of rotatable bonds is 5. The second kappa shape index (κ2) is 8.16. The fourth-order valence-electron chi connectivity index (χ4n) is 3.20. The molecule has 0 radical (unpaired) electrons. The zero-order valence-electron chi connectivity index (χ0n) is 16.7. The molecule has 7 heteroatoms. The van der Waals surface area contributed by atoms with Gasteiger partial charge in [0.25, 0.3) is 11.8 Å². The second-order valence-corrected chi connectivity index (χ2v) is 6.98. The number of fused-ring (bicyclic) bond motifs is 1. The smallest absolute Gasteiger partial charge is 0.292 e. The first kappa shape index (κ1) is 19.3. The van der Waals surface area contributed by atoms with Gasteiger partial charge in [0, 0.05) is 30.8 Å². The molecule has 0 aliphatic carbocycles. The molecular weight excluding hydrogens is 378 g/mol. The minimum atomic E-state index is -0.377. The van der Waals surface area contributed by atoms with Crippen LogP contribution in [-0.2, 0) is 6.54 Å². The molecular formula is C23H21N5O2. The molecule has 0 unspecified atom stereocenters. The Morgan fingerprint density at radius 1 is 0.967 bits per heavy atom. The van der Waals surface area contributed by atoms with Crippen LogP contribution in [0.1, 0.15) is 37.8 Å².